The fraction of sp³-hybridized carbons (Fsp3) is 0.353. The number of hydrogen-bond donors (Lipinski definition) is 1. The Morgan fingerprint density at radius 1 is 1.16 bits per heavy atom. The third-order valence-electron chi connectivity index (χ3n) is 4.14. The maximum absolute atomic E-state index is 6.35. The molecule has 2 N–H and O–H groups in total. The minimum atomic E-state index is -0.0758. The van der Waals surface area contributed by atoms with E-state index in [1.807, 2.05) is 19.2 Å². The van der Waals surface area contributed by atoms with E-state index in [4.69, 9.17) is 5.73 Å². The van der Waals surface area contributed by atoms with E-state index in [-0.39, 0.29) is 6.04 Å². The summed E-state index contributed by atoms with van der Waals surface area (Å²) in [5.74, 6) is 0.753. The molecule has 3 rings (SSSR count). The van der Waals surface area contributed by atoms with E-state index < -0.39 is 0 Å². The van der Waals surface area contributed by atoms with Crippen molar-refractivity contribution in [3.05, 3.63) is 65.0 Å². The molecule has 0 radical (unpaired) electrons. The van der Waals surface area contributed by atoms with E-state index >= 15 is 0 Å². The summed E-state index contributed by atoms with van der Waals surface area (Å²) in [5.41, 5.74) is 11.1. The van der Waals surface area contributed by atoms with Gasteiger partial charge in [-0.3, -0.25) is 4.98 Å². The second-order valence-corrected chi connectivity index (χ2v) is 5.51. The van der Waals surface area contributed by atoms with Crippen LogP contribution in [0.2, 0.25) is 0 Å². The van der Waals surface area contributed by atoms with Crippen LogP contribution in [0.25, 0.3) is 0 Å². The minimum absolute atomic E-state index is 0.0758. The highest BCUT2D eigenvalue weighted by molar-refractivity contribution is 5.35. The zero-order valence-electron chi connectivity index (χ0n) is 11.3. The number of benzene rings is 1. The Kier molecular flexibility index (Phi) is 3.34. The molecule has 1 heterocycles. The zero-order valence-corrected chi connectivity index (χ0v) is 11.3. The molecule has 2 aromatic rings. The van der Waals surface area contributed by atoms with Crippen molar-refractivity contribution < 1.29 is 0 Å². The second-order valence-electron chi connectivity index (χ2n) is 5.51. The third-order valence-corrected chi connectivity index (χ3v) is 4.14. The molecule has 0 amide bonds. The highest BCUT2D eigenvalue weighted by atomic mass is 14.7. The minimum Gasteiger partial charge on any atom is -0.320 e. The predicted octanol–water partition coefficient (Wildman–Crippen LogP) is 3.71. The van der Waals surface area contributed by atoms with Crippen LogP contribution in [0.15, 0.2) is 42.6 Å². The lowest BCUT2D eigenvalue weighted by molar-refractivity contribution is 0.419. The summed E-state index contributed by atoms with van der Waals surface area (Å²) in [6.07, 6.45) is 5.90. The summed E-state index contributed by atoms with van der Waals surface area (Å²) < 4.78 is 0. The third kappa shape index (κ3) is 2.54. The zero-order chi connectivity index (χ0) is 13.2. The van der Waals surface area contributed by atoms with Gasteiger partial charge in [-0.2, -0.15) is 0 Å². The van der Waals surface area contributed by atoms with Crippen LogP contribution in [0.4, 0.5) is 0 Å². The molecule has 0 bridgehead atoms. The Balaban J connectivity index is 1.86. The van der Waals surface area contributed by atoms with Gasteiger partial charge in [-0.25, -0.2) is 0 Å². The van der Waals surface area contributed by atoms with Crippen molar-refractivity contribution in [3.8, 4) is 0 Å². The topological polar surface area (TPSA) is 38.9 Å². The van der Waals surface area contributed by atoms with Crippen LogP contribution in [0, 0.1) is 6.92 Å². The van der Waals surface area contributed by atoms with Crippen molar-refractivity contribution in [2.75, 3.05) is 0 Å². The van der Waals surface area contributed by atoms with Gasteiger partial charge in [0.15, 0.2) is 0 Å². The number of nitrogens with two attached hydrogens (primary N) is 1. The van der Waals surface area contributed by atoms with Gasteiger partial charge in [0.2, 0.25) is 0 Å². The maximum Gasteiger partial charge on any atom is 0.0567 e. The standard InChI is InChI=1S/C17H20N2/c1-12-8-9-16(11-19-12)17(18)15-7-3-6-14(10-15)13-4-2-5-13/h3,6-11,13,17H,2,4-5,18H2,1H3. The Hall–Kier alpha value is -1.67. The summed E-state index contributed by atoms with van der Waals surface area (Å²) in [7, 11) is 0. The molecule has 1 saturated carbocycles. The quantitative estimate of drug-likeness (QED) is 0.904. The van der Waals surface area contributed by atoms with Gasteiger partial charge in [-0.15, -0.1) is 0 Å². The fourth-order valence-corrected chi connectivity index (χ4v) is 2.60. The number of aryl methyl sites for hydroxylation is 1. The van der Waals surface area contributed by atoms with Crippen LogP contribution in [0.5, 0.6) is 0 Å². The van der Waals surface area contributed by atoms with E-state index in [2.05, 4.69) is 35.3 Å². The van der Waals surface area contributed by atoms with Gasteiger partial charge < -0.3 is 5.73 Å². The van der Waals surface area contributed by atoms with Crippen molar-refractivity contribution in [2.45, 2.75) is 38.1 Å². The van der Waals surface area contributed by atoms with Gasteiger partial charge >= 0.3 is 0 Å². The van der Waals surface area contributed by atoms with Gasteiger partial charge in [0.25, 0.3) is 0 Å². The fourth-order valence-electron chi connectivity index (χ4n) is 2.60. The van der Waals surface area contributed by atoms with Crippen LogP contribution >= 0.6 is 0 Å². The van der Waals surface area contributed by atoms with Gasteiger partial charge in [0.05, 0.1) is 6.04 Å². The van der Waals surface area contributed by atoms with Gasteiger partial charge in [0, 0.05) is 11.9 Å². The summed E-state index contributed by atoms with van der Waals surface area (Å²) in [6, 6.07) is 12.8. The Morgan fingerprint density at radius 2 is 2.00 bits per heavy atom. The predicted molar refractivity (Wildman–Crippen MR) is 78.0 cm³/mol. The van der Waals surface area contributed by atoms with Crippen molar-refractivity contribution in [3.63, 3.8) is 0 Å². The smallest absolute Gasteiger partial charge is 0.0567 e. The summed E-state index contributed by atoms with van der Waals surface area (Å²) >= 11 is 0. The maximum atomic E-state index is 6.35. The molecule has 0 spiro atoms. The molecule has 1 atom stereocenters. The van der Waals surface area contributed by atoms with Crippen LogP contribution in [-0.4, -0.2) is 4.98 Å². The van der Waals surface area contributed by atoms with E-state index in [1.165, 1.54) is 30.4 Å². The number of aromatic nitrogens is 1. The first-order chi connectivity index (χ1) is 9.24. The average molecular weight is 252 g/mol. The van der Waals surface area contributed by atoms with Gasteiger partial charge in [-0.05, 0) is 48.4 Å². The lowest BCUT2D eigenvalue weighted by Gasteiger charge is -2.26. The van der Waals surface area contributed by atoms with E-state index in [0.717, 1.165) is 17.2 Å². The first-order valence-corrected chi connectivity index (χ1v) is 7.02. The second kappa shape index (κ2) is 5.14. The lowest BCUT2D eigenvalue weighted by Crippen LogP contribution is -2.14. The van der Waals surface area contributed by atoms with Crippen molar-refractivity contribution in [1.82, 2.24) is 4.98 Å². The largest absolute Gasteiger partial charge is 0.320 e. The molecule has 2 nitrogen and oxygen atoms in total. The number of hydrogen-bond acceptors (Lipinski definition) is 2. The molecular formula is C17H20N2. The van der Waals surface area contributed by atoms with E-state index in [9.17, 15) is 0 Å². The molecule has 0 saturated heterocycles. The highest BCUT2D eigenvalue weighted by Gasteiger charge is 2.20. The molecule has 1 aromatic heterocycles. The highest BCUT2D eigenvalue weighted by Crippen LogP contribution is 2.37. The summed E-state index contributed by atoms with van der Waals surface area (Å²) in [4.78, 5) is 4.33. The molecular weight excluding hydrogens is 232 g/mol. The summed E-state index contributed by atoms with van der Waals surface area (Å²) in [6.45, 7) is 1.99. The van der Waals surface area contributed by atoms with Crippen LogP contribution in [-0.2, 0) is 0 Å². The molecule has 2 heteroatoms. The number of pyridine rings is 1. The molecule has 98 valence electrons. The average Bonchev–Trinajstić information content (AvgIpc) is 2.37. The monoisotopic (exact) mass is 252 g/mol. The van der Waals surface area contributed by atoms with Crippen LogP contribution < -0.4 is 5.73 Å². The molecule has 1 aliphatic rings. The Labute approximate surface area is 114 Å². The molecule has 0 aliphatic heterocycles. The van der Waals surface area contributed by atoms with Crippen LogP contribution in [0.3, 0.4) is 0 Å². The number of rotatable bonds is 3. The van der Waals surface area contributed by atoms with Crippen molar-refractivity contribution >= 4 is 0 Å². The normalized spacial score (nSPS) is 16.9. The van der Waals surface area contributed by atoms with Crippen molar-refractivity contribution in [2.24, 2.45) is 5.73 Å². The van der Waals surface area contributed by atoms with Gasteiger partial charge in [0.1, 0.15) is 0 Å². The molecule has 1 aromatic carbocycles. The molecule has 1 unspecified atom stereocenters. The first kappa shape index (κ1) is 12.4. The lowest BCUT2D eigenvalue weighted by atomic mass is 9.79. The first-order valence-electron chi connectivity index (χ1n) is 7.02. The van der Waals surface area contributed by atoms with Crippen LogP contribution in [0.1, 0.15) is 53.6 Å². The molecule has 19 heavy (non-hydrogen) atoms. The van der Waals surface area contributed by atoms with Gasteiger partial charge in [-0.1, -0.05) is 36.8 Å². The Bertz CT molecular complexity index is 556. The van der Waals surface area contributed by atoms with E-state index in [0.29, 0.717) is 0 Å². The van der Waals surface area contributed by atoms with Crippen molar-refractivity contribution in [1.29, 1.82) is 0 Å². The molecule has 1 aliphatic carbocycles. The molecule has 1 fully saturated rings. The SMILES string of the molecule is Cc1ccc(C(N)c2cccc(C3CCC3)c2)cn1. The Morgan fingerprint density at radius 3 is 2.63 bits per heavy atom. The number of nitrogens with zero attached hydrogens (tertiary/aromatic N) is 1. The van der Waals surface area contributed by atoms with E-state index in [1.54, 1.807) is 0 Å². The summed E-state index contributed by atoms with van der Waals surface area (Å²) in [5, 5.41) is 0.